The molecule has 0 fully saturated rings. The minimum atomic E-state index is 1.24. The highest BCUT2D eigenvalue weighted by Gasteiger charge is 2.35. The van der Waals surface area contributed by atoms with Crippen LogP contribution in [0.5, 0.6) is 0 Å². The average Bonchev–Trinajstić information content (AvgIpc) is 3.96. The minimum Gasteiger partial charge on any atom is -0.0622 e. The fourth-order valence-corrected chi connectivity index (χ4v) is 13.8. The van der Waals surface area contributed by atoms with Gasteiger partial charge in [-0.3, -0.25) is 0 Å². The lowest BCUT2D eigenvalue weighted by molar-refractivity contribution is 1.63. The van der Waals surface area contributed by atoms with Crippen molar-refractivity contribution in [1.82, 2.24) is 0 Å². The molecule has 0 saturated heterocycles. The van der Waals surface area contributed by atoms with E-state index in [2.05, 4.69) is 243 Å². The lowest BCUT2D eigenvalue weighted by Crippen LogP contribution is -1.93. The van der Waals surface area contributed by atoms with E-state index in [0.29, 0.717) is 0 Å². The zero-order valence-corrected chi connectivity index (χ0v) is 39.1. The maximum Gasteiger partial charge on any atom is -0.000740 e. The van der Waals surface area contributed by atoms with Crippen molar-refractivity contribution in [3.05, 3.63) is 243 Å². The van der Waals surface area contributed by atoms with Crippen LogP contribution in [0.25, 0.3) is 175 Å². The molecule has 72 heavy (non-hydrogen) atoms. The van der Waals surface area contributed by atoms with Crippen molar-refractivity contribution >= 4 is 86.2 Å². The molecule has 15 aromatic carbocycles. The summed E-state index contributed by atoms with van der Waals surface area (Å²) in [5.41, 5.74) is 20.8. The Bertz CT molecular complexity index is 4550. The van der Waals surface area contributed by atoms with Crippen LogP contribution in [0.3, 0.4) is 0 Å². The topological polar surface area (TPSA) is 0 Å². The van der Waals surface area contributed by atoms with E-state index in [9.17, 15) is 0 Å². The molecule has 0 amide bonds. The van der Waals surface area contributed by atoms with Gasteiger partial charge in [-0.25, -0.2) is 0 Å². The molecule has 0 heteroatoms. The fourth-order valence-electron chi connectivity index (χ4n) is 13.8. The van der Waals surface area contributed by atoms with Gasteiger partial charge >= 0.3 is 0 Å². The van der Waals surface area contributed by atoms with Crippen molar-refractivity contribution in [2.75, 3.05) is 0 Å². The molecular weight excluding hydrogens is 865 g/mol. The molecule has 15 aromatic rings. The second-order valence-corrected chi connectivity index (χ2v) is 20.1. The summed E-state index contributed by atoms with van der Waals surface area (Å²) in [6.45, 7) is 0. The van der Waals surface area contributed by atoms with Gasteiger partial charge in [0.25, 0.3) is 0 Å². The Hall–Kier alpha value is -9.36. The molecule has 0 radical (unpaired) electrons. The van der Waals surface area contributed by atoms with Crippen molar-refractivity contribution in [1.29, 1.82) is 0 Å². The molecule has 0 nitrogen and oxygen atoms in total. The lowest BCUT2D eigenvalue weighted by Gasteiger charge is -2.20. The highest BCUT2D eigenvalue weighted by Crippen LogP contribution is 2.63. The Morgan fingerprint density at radius 3 is 0.792 bits per heavy atom. The number of hydrogen-bond donors (Lipinski definition) is 0. The SMILES string of the molecule is c1ccc(-c2c3c(c(-c4ccc5ccccc5c4)c4ccccc24)-c2ccc4c5ccc6c7c(ccc(c8ccc-3c2c84)c75)-c2c-6c(-c3ccc4ccccc4c3)c3ccccc3c2-c2ccccc2)cc1. The molecule has 17 rings (SSSR count). The van der Waals surface area contributed by atoms with Gasteiger partial charge in [0.2, 0.25) is 0 Å². The summed E-state index contributed by atoms with van der Waals surface area (Å²) >= 11 is 0. The largest absolute Gasteiger partial charge is 0.0622 e. The van der Waals surface area contributed by atoms with E-state index in [1.807, 2.05) is 0 Å². The van der Waals surface area contributed by atoms with Crippen LogP contribution in [-0.2, 0) is 0 Å². The average molecular weight is 905 g/mol. The summed E-state index contributed by atoms with van der Waals surface area (Å²) in [7, 11) is 0. The first-order valence-electron chi connectivity index (χ1n) is 25.2. The molecule has 0 spiro atoms. The predicted molar refractivity (Wildman–Crippen MR) is 308 cm³/mol. The highest BCUT2D eigenvalue weighted by atomic mass is 14.4. The van der Waals surface area contributed by atoms with E-state index >= 15 is 0 Å². The van der Waals surface area contributed by atoms with Gasteiger partial charge in [0.05, 0.1) is 0 Å². The Morgan fingerprint density at radius 2 is 0.444 bits per heavy atom. The normalized spacial score (nSPS) is 12.4. The van der Waals surface area contributed by atoms with Gasteiger partial charge < -0.3 is 0 Å². The van der Waals surface area contributed by atoms with E-state index in [-0.39, 0.29) is 0 Å². The van der Waals surface area contributed by atoms with Crippen molar-refractivity contribution in [3.8, 4) is 89.0 Å². The Balaban J connectivity index is 0.993. The molecule has 0 unspecified atom stereocenters. The third-order valence-corrected chi connectivity index (χ3v) is 16.6. The van der Waals surface area contributed by atoms with Gasteiger partial charge in [-0.1, -0.05) is 231 Å². The van der Waals surface area contributed by atoms with Crippen LogP contribution in [0, 0.1) is 0 Å². The zero-order chi connectivity index (χ0) is 46.8. The predicted octanol–water partition coefficient (Wildman–Crippen LogP) is 20.3. The van der Waals surface area contributed by atoms with Crippen LogP contribution in [-0.4, -0.2) is 0 Å². The monoisotopic (exact) mass is 904 g/mol. The zero-order valence-electron chi connectivity index (χ0n) is 39.1. The molecule has 0 aliphatic heterocycles. The molecule has 2 aliphatic carbocycles. The molecule has 0 bridgehead atoms. The van der Waals surface area contributed by atoms with Gasteiger partial charge in [0, 0.05) is 0 Å². The van der Waals surface area contributed by atoms with E-state index in [1.165, 1.54) is 175 Å². The van der Waals surface area contributed by atoms with Crippen LogP contribution in [0.2, 0.25) is 0 Å². The van der Waals surface area contributed by atoms with E-state index in [1.54, 1.807) is 0 Å². The maximum absolute atomic E-state index is 2.46. The Morgan fingerprint density at radius 1 is 0.153 bits per heavy atom. The summed E-state index contributed by atoms with van der Waals surface area (Å²) in [5, 5.41) is 20.8. The number of rotatable bonds is 4. The third-order valence-electron chi connectivity index (χ3n) is 16.6. The standard InChI is InChI=1S/C72H40/c1-3-17-43(18-4-1)61-49-23-11-13-25-51(49)63(47-29-27-41-15-7-9-21-45(41)39-47)71-59-37-33-55-56-34-38-60-68-58(36-32-54(66(56)68)53-31-35-57(69(61)71)67(59)65(53)55)70-62(44-19-5-2-6-20-44)50-24-12-14-26-52(50)64(72(60)70)48-30-28-42-16-8-10-22-46(42)40-48/h1-40H. The molecule has 0 atom stereocenters. The number of fused-ring (bicyclic) bond motifs is 12. The second kappa shape index (κ2) is 14.1. The van der Waals surface area contributed by atoms with Gasteiger partial charge in [-0.05, 0) is 187 Å². The van der Waals surface area contributed by atoms with E-state index < -0.39 is 0 Å². The third kappa shape index (κ3) is 4.95. The molecular formula is C72H40. The molecule has 0 saturated carbocycles. The van der Waals surface area contributed by atoms with Gasteiger partial charge in [0.15, 0.2) is 0 Å². The van der Waals surface area contributed by atoms with Crippen LogP contribution in [0.4, 0.5) is 0 Å². The number of hydrogen-bond acceptors (Lipinski definition) is 0. The summed E-state index contributed by atoms with van der Waals surface area (Å²) in [6.07, 6.45) is 0. The van der Waals surface area contributed by atoms with Gasteiger partial charge in [-0.2, -0.15) is 0 Å². The second-order valence-electron chi connectivity index (χ2n) is 20.1. The Kier molecular flexibility index (Phi) is 7.55. The summed E-state index contributed by atoms with van der Waals surface area (Å²) in [6, 6.07) is 91.7. The quantitative estimate of drug-likeness (QED) is 0.122. The van der Waals surface area contributed by atoms with Gasteiger partial charge in [0.1, 0.15) is 0 Å². The van der Waals surface area contributed by atoms with Crippen LogP contribution >= 0.6 is 0 Å². The smallest absolute Gasteiger partial charge is 0.000740 e. The molecule has 0 aromatic heterocycles. The van der Waals surface area contributed by atoms with Crippen molar-refractivity contribution < 1.29 is 0 Å². The fraction of sp³-hybridized carbons (Fsp3) is 0. The van der Waals surface area contributed by atoms with E-state index in [4.69, 9.17) is 0 Å². The van der Waals surface area contributed by atoms with Crippen molar-refractivity contribution in [2.24, 2.45) is 0 Å². The molecule has 0 heterocycles. The van der Waals surface area contributed by atoms with Gasteiger partial charge in [-0.15, -0.1) is 0 Å². The maximum atomic E-state index is 2.46. The summed E-state index contributed by atoms with van der Waals surface area (Å²) < 4.78 is 0. The van der Waals surface area contributed by atoms with Crippen molar-refractivity contribution in [2.45, 2.75) is 0 Å². The summed E-state index contributed by atoms with van der Waals surface area (Å²) in [4.78, 5) is 0. The number of benzene rings is 15. The molecule has 2 aliphatic rings. The lowest BCUT2D eigenvalue weighted by atomic mass is 9.82. The Labute approximate surface area is 415 Å². The van der Waals surface area contributed by atoms with Crippen LogP contribution in [0.1, 0.15) is 0 Å². The first-order valence-corrected chi connectivity index (χ1v) is 25.2. The molecule has 0 N–H and O–H groups in total. The first kappa shape index (κ1) is 38.5. The van der Waals surface area contributed by atoms with Crippen LogP contribution in [0.15, 0.2) is 243 Å². The van der Waals surface area contributed by atoms with Crippen LogP contribution < -0.4 is 0 Å². The summed E-state index contributed by atoms with van der Waals surface area (Å²) in [5.74, 6) is 0. The van der Waals surface area contributed by atoms with Crippen molar-refractivity contribution in [3.63, 3.8) is 0 Å². The highest BCUT2D eigenvalue weighted by molar-refractivity contribution is 6.42. The molecule has 328 valence electrons. The first-order chi connectivity index (χ1) is 35.8. The van der Waals surface area contributed by atoms with E-state index in [0.717, 1.165) is 0 Å². The minimum absolute atomic E-state index is 1.24.